The minimum absolute atomic E-state index is 0.0365. The number of benzene rings is 2. The molecule has 0 aromatic heterocycles. The van der Waals surface area contributed by atoms with Crippen molar-refractivity contribution < 1.29 is 17.9 Å². The number of sulfonamides is 1. The number of hydrogen-bond acceptors (Lipinski definition) is 4. The zero-order valence-electron chi connectivity index (χ0n) is 13.7. The van der Waals surface area contributed by atoms with Gasteiger partial charge in [0.05, 0.1) is 4.90 Å². The molecule has 25 heavy (non-hydrogen) atoms. The van der Waals surface area contributed by atoms with Crippen LogP contribution in [-0.2, 0) is 21.2 Å². The summed E-state index contributed by atoms with van der Waals surface area (Å²) in [4.78, 5) is 11.8. The topological polar surface area (TPSA) is 84.5 Å². The van der Waals surface area contributed by atoms with E-state index in [0.29, 0.717) is 30.7 Å². The second-order valence-electron chi connectivity index (χ2n) is 5.78. The lowest BCUT2D eigenvalue weighted by Gasteiger charge is -2.11. The van der Waals surface area contributed by atoms with Crippen LogP contribution < -0.4 is 14.8 Å². The normalized spacial score (nSPS) is 14.3. The van der Waals surface area contributed by atoms with Gasteiger partial charge in [0.2, 0.25) is 15.9 Å². The lowest BCUT2D eigenvalue weighted by molar-refractivity contribution is -0.116. The maximum Gasteiger partial charge on any atom is 0.240 e. The van der Waals surface area contributed by atoms with Gasteiger partial charge in [-0.25, -0.2) is 13.1 Å². The maximum atomic E-state index is 12.4. The number of hydrogen-bond donors (Lipinski definition) is 2. The first-order chi connectivity index (χ1) is 12.0. The van der Waals surface area contributed by atoms with Gasteiger partial charge in [0, 0.05) is 18.7 Å². The standard InChI is InChI=1S/C18H20N2O4S/c21-18-8-4-5-14-13-16(9-10-17(14)20-18)25(22,23)19-11-12-24-15-6-2-1-3-7-15/h1-3,6-7,9-10,13,19H,4-5,8,11-12H2,(H,20,21). The van der Waals surface area contributed by atoms with Gasteiger partial charge in [-0.2, -0.15) is 0 Å². The molecular formula is C18H20N2O4S. The van der Waals surface area contributed by atoms with Crippen LogP contribution in [0.5, 0.6) is 5.75 Å². The number of para-hydroxylation sites is 1. The highest BCUT2D eigenvalue weighted by atomic mass is 32.2. The van der Waals surface area contributed by atoms with Gasteiger partial charge in [-0.05, 0) is 48.7 Å². The van der Waals surface area contributed by atoms with Crippen molar-refractivity contribution in [2.45, 2.75) is 24.2 Å². The summed E-state index contributed by atoms with van der Waals surface area (Å²) >= 11 is 0. The zero-order valence-corrected chi connectivity index (χ0v) is 14.5. The highest BCUT2D eigenvalue weighted by molar-refractivity contribution is 7.89. The van der Waals surface area contributed by atoms with E-state index in [0.717, 1.165) is 5.56 Å². The lowest BCUT2D eigenvalue weighted by atomic mass is 10.1. The number of amides is 1. The number of aryl methyl sites for hydroxylation is 1. The molecule has 0 saturated carbocycles. The molecule has 1 aliphatic heterocycles. The first-order valence-corrected chi connectivity index (χ1v) is 9.63. The number of fused-ring (bicyclic) bond motifs is 1. The van der Waals surface area contributed by atoms with E-state index in [9.17, 15) is 13.2 Å². The summed E-state index contributed by atoms with van der Waals surface area (Å²) in [6.45, 7) is 0.412. The molecule has 1 aliphatic rings. The fourth-order valence-electron chi connectivity index (χ4n) is 2.66. The third-order valence-corrected chi connectivity index (χ3v) is 5.38. The van der Waals surface area contributed by atoms with Crippen molar-refractivity contribution in [2.75, 3.05) is 18.5 Å². The smallest absolute Gasteiger partial charge is 0.240 e. The van der Waals surface area contributed by atoms with E-state index in [-0.39, 0.29) is 24.0 Å². The van der Waals surface area contributed by atoms with Crippen LogP contribution in [0.2, 0.25) is 0 Å². The number of nitrogens with one attached hydrogen (secondary N) is 2. The summed E-state index contributed by atoms with van der Waals surface area (Å²) in [5.41, 5.74) is 1.53. The molecule has 0 fully saturated rings. The molecule has 3 rings (SSSR count). The molecule has 6 nitrogen and oxygen atoms in total. The van der Waals surface area contributed by atoms with Crippen LogP contribution in [0.3, 0.4) is 0 Å². The van der Waals surface area contributed by atoms with Gasteiger partial charge in [-0.3, -0.25) is 4.79 Å². The summed E-state index contributed by atoms with van der Waals surface area (Å²) in [5.74, 6) is 0.660. The van der Waals surface area contributed by atoms with Crippen LogP contribution in [0.15, 0.2) is 53.4 Å². The van der Waals surface area contributed by atoms with Crippen LogP contribution in [0.4, 0.5) is 5.69 Å². The van der Waals surface area contributed by atoms with Crippen molar-refractivity contribution in [1.82, 2.24) is 4.72 Å². The number of rotatable bonds is 6. The van der Waals surface area contributed by atoms with Gasteiger partial charge < -0.3 is 10.1 Å². The predicted octanol–water partition coefficient (Wildman–Crippen LogP) is 2.32. The molecule has 0 aliphatic carbocycles. The molecule has 0 unspecified atom stereocenters. The summed E-state index contributed by atoms with van der Waals surface area (Å²) in [6, 6.07) is 14.0. The van der Waals surface area contributed by atoms with E-state index < -0.39 is 10.0 Å². The molecule has 2 aromatic rings. The van der Waals surface area contributed by atoms with Crippen LogP contribution in [0.1, 0.15) is 18.4 Å². The van der Waals surface area contributed by atoms with Crippen LogP contribution in [-0.4, -0.2) is 27.5 Å². The first-order valence-electron chi connectivity index (χ1n) is 8.15. The monoisotopic (exact) mass is 360 g/mol. The Morgan fingerprint density at radius 1 is 1.08 bits per heavy atom. The molecule has 2 aromatic carbocycles. The largest absolute Gasteiger partial charge is 0.492 e. The molecule has 0 radical (unpaired) electrons. The number of anilines is 1. The van der Waals surface area contributed by atoms with Crippen molar-refractivity contribution in [1.29, 1.82) is 0 Å². The summed E-state index contributed by atoms with van der Waals surface area (Å²) in [7, 11) is -3.62. The average Bonchev–Trinajstić information content (AvgIpc) is 2.79. The first kappa shape index (κ1) is 17.4. The molecule has 7 heteroatoms. The fourth-order valence-corrected chi connectivity index (χ4v) is 3.73. The Bertz CT molecular complexity index is 851. The number of carbonyl (C=O) groups is 1. The van der Waals surface area contributed by atoms with E-state index in [1.165, 1.54) is 6.07 Å². The molecular weight excluding hydrogens is 340 g/mol. The zero-order chi connectivity index (χ0) is 17.7. The highest BCUT2D eigenvalue weighted by Crippen LogP contribution is 2.25. The minimum Gasteiger partial charge on any atom is -0.492 e. The summed E-state index contributed by atoms with van der Waals surface area (Å²) in [6.07, 6.45) is 1.83. The van der Waals surface area contributed by atoms with Gasteiger partial charge in [-0.15, -0.1) is 0 Å². The van der Waals surface area contributed by atoms with E-state index in [4.69, 9.17) is 4.74 Å². The van der Waals surface area contributed by atoms with E-state index in [1.807, 2.05) is 30.3 Å². The molecule has 0 bridgehead atoms. The molecule has 1 amide bonds. The number of carbonyl (C=O) groups excluding carboxylic acids is 1. The second kappa shape index (κ2) is 7.67. The Hall–Kier alpha value is -2.38. The Morgan fingerprint density at radius 3 is 2.68 bits per heavy atom. The van der Waals surface area contributed by atoms with Gasteiger partial charge in [0.1, 0.15) is 12.4 Å². The molecule has 0 atom stereocenters. The third-order valence-electron chi connectivity index (χ3n) is 3.92. The average molecular weight is 360 g/mol. The molecule has 2 N–H and O–H groups in total. The van der Waals surface area contributed by atoms with E-state index >= 15 is 0 Å². The summed E-state index contributed by atoms with van der Waals surface area (Å²) < 4.78 is 32.9. The fraction of sp³-hybridized carbons (Fsp3) is 0.278. The quantitative estimate of drug-likeness (QED) is 0.774. The lowest BCUT2D eigenvalue weighted by Crippen LogP contribution is -2.28. The Morgan fingerprint density at radius 2 is 1.88 bits per heavy atom. The SMILES string of the molecule is O=C1CCCc2cc(S(=O)(=O)NCCOc3ccccc3)ccc2N1. The summed E-state index contributed by atoms with van der Waals surface area (Å²) in [5, 5.41) is 2.80. The van der Waals surface area contributed by atoms with Crippen molar-refractivity contribution in [3.8, 4) is 5.75 Å². The molecule has 1 heterocycles. The molecule has 0 saturated heterocycles. The Kier molecular flexibility index (Phi) is 5.35. The van der Waals surface area contributed by atoms with E-state index in [1.54, 1.807) is 12.1 Å². The van der Waals surface area contributed by atoms with Crippen LogP contribution >= 0.6 is 0 Å². The number of ether oxygens (including phenoxy) is 1. The minimum atomic E-state index is -3.62. The highest BCUT2D eigenvalue weighted by Gasteiger charge is 2.18. The third kappa shape index (κ3) is 4.58. The predicted molar refractivity (Wildman–Crippen MR) is 95.1 cm³/mol. The van der Waals surface area contributed by atoms with E-state index in [2.05, 4.69) is 10.0 Å². The van der Waals surface area contributed by atoms with Crippen molar-refractivity contribution >= 4 is 21.6 Å². The van der Waals surface area contributed by atoms with Gasteiger partial charge in [0.25, 0.3) is 0 Å². The van der Waals surface area contributed by atoms with Gasteiger partial charge in [-0.1, -0.05) is 18.2 Å². The van der Waals surface area contributed by atoms with Gasteiger partial charge in [0.15, 0.2) is 0 Å². The second-order valence-corrected chi connectivity index (χ2v) is 7.55. The van der Waals surface area contributed by atoms with Crippen LogP contribution in [0.25, 0.3) is 0 Å². The van der Waals surface area contributed by atoms with Crippen molar-refractivity contribution in [3.63, 3.8) is 0 Å². The van der Waals surface area contributed by atoms with Crippen LogP contribution in [0, 0.1) is 0 Å². The van der Waals surface area contributed by atoms with Crippen molar-refractivity contribution in [3.05, 3.63) is 54.1 Å². The molecule has 0 spiro atoms. The van der Waals surface area contributed by atoms with Crippen molar-refractivity contribution in [2.24, 2.45) is 0 Å². The Balaban J connectivity index is 1.62. The maximum absolute atomic E-state index is 12.4. The van der Waals surface area contributed by atoms with Gasteiger partial charge >= 0.3 is 0 Å². The Labute approximate surface area is 147 Å². The molecule has 132 valence electrons.